The monoisotopic (exact) mass is 416 g/mol. The zero-order valence-electron chi connectivity index (χ0n) is 17.5. The zero-order chi connectivity index (χ0) is 22.9. The van der Waals surface area contributed by atoms with Gasteiger partial charge >= 0.3 is 11.9 Å². The summed E-state index contributed by atoms with van der Waals surface area (Å²) in [5, 5.41) is 35.7. The van der Waals surface area contributed by atoms with E-state index in [1.165, 1.54) is 0 Å². The Hall–Kier alpha value is -2.96. The van der Waals surface area contributed by atoms with Crippen LogP contribution in [0, 0.1) is 5.92 Å². The van der Waals surface area contributed by atoms with E-state index < -0.39 is 24.1 Å². The highest BCUT2D eigenvalue weighted by Crippen LogP contribution is 2.18. The number of aliphatic hydroxyl groups excluding tert-OH is 2. The molecule has 3 atom stereocenters. The summed E-state index contributed by atoms with van der Waals surface area (Å²) >= 11 is 0. The Morgan fingerprint density at radius 3 is 1.53 bits per heavy atom. The molecule has 2 aromatic carbocycles. The molecule has 0 bridgehead atoms. The lowest BCUT2D eigenvalue weighted by Crippen LogP contribution is -2.29. The summed E-state index contributed by atoms with van der Waals surface area (Å²) in [5.41, 5.74) is 0.662. The van der Waals surface area contributed by atoms with Crippen LogP contribution in [0.25, 0.3) is 0 Å². The van der Waals surface area contributed by atoms with E-state index in [1.54, 1.807) is 73.7 Å². The number of rotatable bonds is 8. The average molecular weight is 417 g/mol. The second-order valence-corrected chi connectivity index (χ2v) is 6.63. The van der Waals surface area contributed by atoms with Gasteiger partial charge in [-0.1, -0.05) is 55.8 Å². The summed E-state index contributed by atoms with van der Waals surface area (Å²) in [5.74, 6) is -1.76. The number of benzene rings is 2. The van der Waals surface area contributed by atoms with Crippen molar-refractivity contribution >= 4 is 11.9 Å². The highest BCUT2D eigenvalue weighted by molar-refractivity contribution is 5.87. The van der Waals surface area contributed by atoms with Gasteiger partial charge < -0.3 is 20.4 Å². The lowest BCUT2D eigenvalue weighted by atomic mass is 9.90. The molecule has 0 aliphatic rings. The first-order valence-corrected chi connectivity index (χ1v) is 9.78. The zero-order valence-corrected chi connectivity index (χ0v) is 17.5. The van der Waals surface area contributed by atoms with Crippen molar-refractivity contribution in [2.45, 2.75) is 45.3 Å². The van der Waals surface area contributed by atoms with Crippen molar-refractivity contribution in [3.8, 4) is 0 Å². The van der Waals surface area contributed by atoms with E-state index in [2.05, 4.69) is 13.5 Å². The molecule has 0 heterocycles. The molecule has 0 fully saturated rings. The predicted octanol–water partition coefficient (Wildman–Crippen LogP) is 4.49. The van der Waals surface area contributed by atoms with Gasteiger partial charge in [-0.25, -0.2) is 9.59 Å². The first-order chi connectivity index (χ1) is 14.2. The SMILES string of the molecule is C=CCC(O)C(CCC)C(C)O.O=C(O)c1ccccc1.O=C(O)c1ccccc1. The molecule has 6 nitrogen and oxygen atoms in total. The smallest absolute Gasteiger partial charge is 0.335 e. The van der Waals surface area contributed by atoms with Gasteiger partial charge in [0.15, 0.2) is 0 Å². The third kappa shape index (κ3) is 11.8. The summed E-state index contributed by atoms with van der Waals surface area (Å²) in [4.78, 5) is 20.4. The maximum Gasteiger partial charge on any atom is 0.335 e. The molecular weight excluding hydrogens is 384 g/mol. The van der Waals surface area contributed by atoms with E-state index in [0.717, 1.165) is 12.8 Å². The van der Waals surface area contributed by atoms with E-state index in [0.29, 0.717) is 17.5 Å². The van der Waals surface area contributed by atoms with Crippen molar-refractivity contribution < 1.29 is 30.0 Å². The second kappa shape index (κ2) is 15.9. The van der Waals surface area contributed by atoms with Crippen molar-refractivity contribution in [3.05, 3.63) is 84.4 Å². The first kappa shape index (κ1) is 27.0. The fraction of sp³-hybridized carbons (Fsp3) is 0.333. The second-order valence-electron chi connectivity index (χ2n) is 6.63. The Balaban J connectivity index is 0.000000426. The van der Waals surface area contributed by atoms with Gasteiger partial charge in [0.2, 0.25) is 0 Å². The largest absolute Gasteiger partial charge is 0.478 e. The minimum Gasteiger partial charge on any atom is -0.478 e. The number of aliphatic hydroxyl groups is 2. The third-order valence-electron chi connectivity index (χ3n) is 4.19. The maximum atomic E-state index is 10.2. The van der Waals surface area contributed by atoms with Gasteiger partial charge in [0, 0.05) is 5.92 Å². The molecule has 0 aromatic heterocycles. The molecule has 164 valence electrons. The van der Waals surface area contributed by atoms with Crippen LogP contribution in [-0.4, -0.2) is 44.6 Å². The molecule has 0 saturated heterocycles. The van der Waals surface area contributed by atoms with Crippen LogP contribution in [0.15, 0.2) is 73.3 Å². The number of carboxylic acids is 2. The Labute approximate surface area is 178 Å². The van der Waals surface area contributed by atoms with Crippen molar-refractivity contribution in [1.82, 2.24) is 0 Å². The van der Waals surface area contributed by atoms with E-state index >= 15 is 0 Å². The lowest BCUT2D eigenvalue weighted by molar-refractivity contribution is 0.0186. The molecular formula is C24H32O6. The summed E-state index contributed by atoms with van der Waals surface area (Å²) in [6.07, 6.45) is 3.24. The average Bonchev–Trinajstić information content (AvgIpc) is 2.74. The summed E-state index contributed by atoms with van der Waals surface area (Å²) in [6.45, 7) is 7.34. The highest BCUT2D eigenvalue weighted by Gasteiger charge is 2.21. The van der Waals surface area contributed by atoms with E-state index in [4.69, 9.17) is 10.2 Å². The van der Waals surface area contributed by atoms with Crippen LogP contribution in [0.3, 0.4) is 0 Å². The minimum atomic E-state index is -0.879. The highest BCUT2D eigenvalue weighted by atomic mass is 16.4. The molecule has 0 radical (unpaired) electrons. The van der Waals surface area contributed by atoms with Crippen LogP contribution in [0.1, 0.15) is 53.8 Å². The Morgan fingerprint density at radius 1 is 0.900 bits per heavy atom. The molecule has 6 heteroatoms. The number of carbonyl (C=O) groups is 2. The van der Waals surface area contributed by atoms with Crippen LogP contribution in [0.2, 0.25) is 0 Å². The normalized spacial score (nSPS) is 12.7. The molecule has 3 unspecified atom stereocenters. The molecule has 0 aliphatic carbocycles. The van der Waals surface area contributed by atoms with Gasteiger partial charge in [-0.05, 0) is 44.0 Å². The van der Waals surface area contributed by atoms with Crippen LogP contribution in [0.4, 0.5) is 0 Å². The third-order valence-corrected chi connectivity index (χ3v) is 4.19. The van der Waals surface area contributed by atoms with E-state index in [-0.39, 0.29) is 5.92 Å². The quantitative estimate of drug-likeness (QED) is 0.471. The number of aromatic carboxylic acids is 2. The maximum absolute atomic E-state index is 10.2. The molecule has 2 rings (SSSR count). The molecule has 0 spiro atoms. The summed E-state index contributed by atoms with van der Waals surface area (Å²) < 4.78 is 0. The summed E-state index contributed by atoms with van der Waals surface area (Å²) in [6, 6.07) is 16.6. The molecule has 2 aromatic rings. The van der Waals surface area contributed by atoms with Gasteiger partial charge in [-0.15, -0.1) is 6.58 Å². The van der Waals surface area contributed by atoms with Crippen molar-refractivity contribution in [2.75, 3.05) is 0 Å². The van der Waals surface area contributed by atoms with Crippen molar-refractivity contribution in [1.29, 1.82) is 0 Å². The minimum absolute atomic E-state index is 0.00648. The Kier molecular flexibility index (Phi) is 14.3. The lowest BCUT2D eigenvalue weighted by Gasteiger charge is -2.24. The standard InChI is InChI=1S/C10H20O2.2C7H6O2/c1-4-6-9(8(3)11)10(12)7-5-2;2*8-7(9)6-4-2-1-3-5-6/h5,8-12H,2,4,6-7H2,1,3H3;2*1-5H,(H,8,9). The van der Waals surface area contributed by atoms with Crippen LogP contribution in [-0.2, 0) is 0 Å². The summed E-state index contributed by atoms with van der Waals surface area (Å²) in [7, 11) is 0. The van der Waals surface area contributed by atoms with Crippen LogP contribution >= 0.6 is 0 Å². The number of carboxylic acid groups (broad SMARTS) is 2. The van der Waals surface area contributed by atoms with Gasteiger partial charge in [-0.3, -0.25) is 0 Å². The first-order valence-electron chi connectivity index (χ1n) is 9.78. The molecule has 30 heavy (non-hydrogen) atoms. The Bertz CT molecular complexity index is 678. The van der Waals surface area contributed by atoms with E-state index in [1.807, 2.05) is 0 Å². The fourth-order valence-electron chi connectivity index (χ4n) is 2.60. The van der Waals surface area contributed by atoms with Crippen molar-refractivity contribution in [3.63, 3.8) is 0 Å². The van der Waals surface area contributed by atoms with Crippen LogP contribution < -0.4 is 0 Å². The predicted molar refractivity (Wildman–Crippen MR) is 118 cm³/mol. The topological polar surface area (TPSA) is 115 Å². The van der Waals surface area contributed by atoms with Gasteiger partial charge in [0.1, 0.15) is 0 Å². The van der Waals surface area contributed by atoms with Gasteiger partial charge in [-0.2, -0.15) is 0 Å². The Morgan fingerprint density at radius 2 is 1.30 bits per heavy atom. The van der Waals surface area contributed by atoms with Gasteiger partial charge in [0.25, 0.3) is 0 Å². The molecule has 0 aliphatic heterocycles. The molecule has 0 saturated carbocycles. The number of hydrogen-bond donors (Lipinski definition) is 4. The van der Waals surface area contributed by atoms with Crippen molar-refractivity contribution in [2.24, 2.45) is 5.92 Å². The van der Waals surface area contributed by atoms with E-state index in [9.17, 15) is 19.8 Å². The van der Waals surface area contributed by atoms with Gasteiger partial charge in [0.05, 0.1) is 23.3 Å². The fourth-order valence-corrected chi connectivity index (χ4v) is 2.60. The van der Waals surface area contributed by atoms with Crippen LogP contribution in [0.5, 0.6) is 0 Å². The molecule has 0 amide bonds. The molecule has 4 N–H and O–H groups in total. The number of hydrogen-bond acceptors (Lipinski definition) is 4.